The number of aliphatic hydroxyl groups is 1. The van der Waals surface area contributed by atoms with Gasteiger partial charge in [-0.25, -0.2) is 0 Å². The first-order chi connectivity index (χ1) is 8.29. The van der Waals surface area contributed by atoms with Crippen LogP contribution in [-0.2, 0) is 22.7 Å². The monoisotopic (exact) mass is 235 g/mol. The van der Waals surface area contributed by atoms with Crippen molar-refractivity contribution in [3.8, 4) is 0 Å². The molecule has 1 fully saturated rings. The van der Waals surface area contributed by atoms with E-state index in [1.807, 2.05) is 24.3 Å². The van der Waals surface area contributed by atoms with Crippen molar-refractivity contribution in [2.75, 3.05) is 6.61 Å². The smallest absolute Gasteiger partial charge is 0.249 e. The molecule has 1 amide bonds. The standard InChI is InChI=1S/C13H17NO3/c15-9-11-5-3-10(4-6-11)8-14-13(16)12-2-1-7-17-12/h3-6,12,15H,1-2,7-9H2,(H,14,16). The largest absolute Gasteiger partial charge is 0.392 e. The molecule has 1 aliphatic rings. The number of carbonyl (C=O) groups excluding carboxylic acids is 1. The number of nitrogens with one attached hydrogen (secondary N) is 1. The number of hydrogen-bond acceptors (Lipinski definition) is 3. The van der Waals surface area contributed by atoms with Gasteiger partial charge in [0, 0.05) is 13.2 Å². The SMILES string of the molecule is O=C(NCc1ccc(CO)cc1)C1CCCO1. The summed E-state index contributed by atoms with van der Waals surface area (Å²) in [5.74, 6) is -0.0336. The van der Waals surface area contributed by atoms with Crippen molar-refractivity contribution in [1.82, 2.24) is 5.32 Å². The van der Waals surface area contributed by atoms with Crippen molar-refractivity contribution in [3.05, 3.63) is 35.4 Å². The van der Waals surface area contributed by atoms with Crippen LogP contribution in [0, 0.1) is 0 Å². The Kier molecular flexibility index (Phi) is 4.12. The average molecular weight is 235 g/mol. The highest BCUT2D eigenvalue weighted by Crippen LogP contribution is 2.12. The zero-order valence-electron chi connectivity index (χ0n) is 9.69. The zero-order valence-corrected chi connectivity index (χ0v) is 9.69. The lowest BCUT2D eigenvalue weighted by molar-refractivity contribution is -0.130. The molecule has 1 aromatic carbocycles. The normalized spacial score (nSPS) is 19.2. The summed E-state index contributed by atoms with van der Waals surface area (Å²) in [4.78, 5) is 11.7. The van der Waals surface area contributed by atoms with Crippen LogP contribution < -0.4 is 5.32 Å². The first-order valence-corrected chi connectivity index (χ1v) is 5.87. The third kappa shape index (κ3) is 3.28. The Labute approximate surface area is 101 Å². The molecule has 17 heavy (non-hydrogen) atoms. The Hall–Kier alpha value is -1.39. The van der Waals surface area contributed by atoms with Gasteiger partial charge in [-0.15, -0.1) is 0 Å². The highest BCUT2D eigenvalue weighted by Gasteiger charge is 2.22. The van der Waals surface area contributed by atoms with Crippen LogP contribution in [0.4, 0.5) is 0 Å². The molecule has 0 aliphatic carbocycles. The van der Waals surface area contributed by atoms with Crippen molar-refractivity contribution in [1.29, 1.82) is 0 Å². The van der Waals surface area contributed by atoms with Gasteiger partial charge < -0.3 is 15.2 Å². The van der Waals surface area contributed by atoms with E-state index in [2.05, 4.69) is 5.32 Å². The molecule has 0 radical (unpaired) electrons. The molecule has 0 saturated carbocycles. The molecule has 1 unspecified atom stereocenters. The summed E-state index contributed by atoms with van der Waals surface area (Å²) in [6.07, 6.45) is 1.50. The lowest BCUT2D eigenvalue weighted by Crippen LogP contribution is -2.33. The van der Waals surface area contributed by atoms with Crippen LogP contribution in [0.1, 0.15) is 24.0 Å². The topological polar surface area (TPSA) is 58.6 Å². The van der Waals surface area contributed by atoms with Crippen LogP contribution in [0.3, 0.4) is 0 Å². The molecule has 92 valence electrons. The lowest BCUT2D eigenvalue weighted by atomic mass is 10.1. The predicted molar refractivity (Wildman–Crippen MR) is 63.2 cm³/mol. The minimum atomic E-state index is -0.272. The Morgan fingerprint density at radius 3 is 2.65 bits per heavy atom. The number of ether oxygens (including phenoxy) is 1. The maximum absolute atomic E-state index is 11.7. The van der Waals surface area contributed by atoms with Gasteiger partial charge in [-0.3, -0.25) is 4.79 Å². The van der Waals surface area contributed by atoms with E-state index in [1.54, 1.807) is 0 Å². The van der Waals surface area contributed by atoms with E-state index in [4.69, 9.17) is 9.84 Å². The Bertz CT molecular complexity index is 369. The van der Waals surface area contributed by atoms with Crippen LogP contribution in [0.2, 0.25) is 0 Å². The Balaban J connectivity index is 1.82. The molecule has 2 N–H and O–H groups in total. The fraction of sp³-hybridized carbons (Fsp3) is 0.462. The Morgan fingerprint density at radius 1 is 1.35 bits per heavy atom. The van der Waals surface area contributed by atoms with Crippen LogP contribution in [0.15, 0.2) is 24.3 Å². The quantitative estimate of drug-likeness (QED) is 0.817. The van der Waals surface area contributed by atoms with Crippen molar-refractivity contribution in [3.63, 3.8) is 0 Å². The molecular weight excluding hydrogens is 218 g/mol. The third-order valence-corrected chi connectivity index (χ3v) is 2.89. The summed E-state index contributed by atoms with van der Waals surface area (Å²) in [6, 6.07) is 7.52. The van der Waals surface area contributed by atoms with Crippen molar-refractivity contribution < 1.29 is 14.6 Å². The van der Waals surface area contributed by atoms with Crippen LogP contribution in [-0.4, -0.2) is 23.7 Å². The predicted octanol–water partition coefficient (Wildman–Crippen LogP) is 0.974. The van der Waals surface area contributed by atoms with E-state index in [0.717, 1.165) is 24.0 Å². The molecule has 2 rings (SSSR count). The zero-order chi connectivity index (χ0) is 12.1. The van der Waals surface area contributed by atoms with Gasteiger partial charge >= 0.3 is 0 Å². The summed E-state index contributed by atoms with van der Waals surface area (Å²) in [7, 11) is 0. The van der Waals surface area contributed by atoms with Gasteiger partial charge in [0.2, 0.25) is 5.91 Å². The summed E-state index contributed by atoms with van der Waals surface area (Å²) < 4.78 is 5.29. The molecule has 0 spiro atoms. The van der Waals surface area contributed by atoms with Gasteiger partial charge in [-0.05, 0) is 24.0 Å². The van der Waals surface area contributed by atoms with Gasteiger partial charge in [0.15, 0.2) is 0 Å². The number of hydrogen-bond donors (Lipinski definition) is 2. The second kappa shape index (κ2) is 5.80. The molecule has 1 atom stereocenters. The van der Waals surface area contributed by atoms with Crippen molar-refractivity contribution in [2.45, 2.75) is 32.1 Å². The summed E-state index contributed by atoms with van der Waals surface area (Å²) in [5, 5.41) is 11.8. The van der Waals surface area contributed by atoms with E-state index in [9.17, 15) is 4.79 Å². The summed E-state index contributed by atoms with van der Waals surface area (Å²) in [5.41, 5.74) is 1.90. The lowest BCUT2D eigenvalue weighted by Gasteiger charge is -2.10. The second-order valence-electron chi connectivity index (χ2n) is 4.19. The highest BCUT2D eigenvalue weighted by atomic mass is 16.5. The molecule has 1 saturated heterocycles. The second-order valence-corrected chi connectivity index (χ2v) is 4.19. The van der Waals surface area contributed by atoms with Gasteiger partial charge in [-0.1, -0.05) is 24.3 Å². The number of rotatable bonds is 4. The molecule has 4 nitrogen and oxygen atoms in total. The molecular formula is C13H17NO3. The van der Waals surface area contributed by atoms with Gasteiger partial charge in [-0.2, -0.15) is 0 Å². The van der Waals surface area contributed by atoms with Gasteiger partial charge in [0.25, 0.3) is 0 Å². The van der Waals surface area contributed by atoms with E-state index < -0.39 is 0 Å². The highest BCUT2D eigenvalue weighted by molar-refractivity contribution is 5.80. The molecule has 1 heterocycles. The Morgan fingerprint density at radius 2 is 2.06 bits per heavy atom. The van der Waals surface area contributed by atoms with Crippen LogP contribution in [0.25, 0.3) is 0 Å². The summed E-state index contributed by atoms with van der Waals surface area (Å²) in [6.45, 7) is 1.23. The van der Waals surface area contributed by atoms with E-state index in [1.165, 1.54) is 0 Å². The number of amides is 1. The number of benzene rings is 1. The van der Waals surface area contributed by atoms with Crippen molar-refractivity contribution in [2.24, 2.45) is 0 Å². The molecule has 0 bridgehead atoms. The first kappa shape index (κ1) is 12.1. The van der Waals surface area contributed by atoms with E-state index >= 15 is 0 Å². The van der Waals surface area contributed by atoms with Crippen LogP contribution >= 0.6 is 0 Å². The minimum Gasteiger partial charge on any atom is -0.392 e. The first-order valence-electron chi connectivity index (χ1n) is 5.87. The van der Waals surface area contributed by atoms with Gasteiger partial charge in [0.1, 0.15) is 6.10 Å². The van der Waals surface area contributed by atoms with Gasteiger partial charge in [0.05, 0.1) is 6.61 Å². The van der Waals surface area contributed by atoms with E-state index in [0.29, 0.717) is 13.2 Å². The maximum atomic E-state index is 11.7. The fourth-order valence-electron chi connectivity index (χ4n) is 1.85. The summed E-state index contributed by atoms with van der Waals surface area (Å²) >= 11 is 0. The third-order valence-electron chi connectivity index (χ3n) is 2.89. The molecule has 4 heteroatoms. The fourth-order valence-corrected chi connectivity index (χ4v) is 1.85. The minimum absolute atomic E-state index is 0.0336. The maximum Gasteiger partial charge on any atom is 0.249 e. The van der Waals surface area contributed by atoms with E-state index in [-0.39, 0.29) is 18.6 Å². The molecule has 1 aliphatic heterocycles. The van der Waals surface area contributed by atoms with Crippen molar-refractivity contribution >= 4 is 5.91 Å². The van der Waals surface area contributed by atoms with Crippen LogP contribution in [0.5, 0.6) is 0 Å². The number of aliphatic hydroxyl groups excluding tert-OH is 1. The molecule has 1 aromatic rings. The number of carbonyl (C=O) groups is 1. The molecule has 0 aromatic heterocycles. The average Bonchev–Trinajstić information content (AvgIpc) is 2.90.